The van der Waals surface area contributed by atoms with Gasteiger partial charge in [0.2, 0.25) is 5.91 Å². The highest BCUT2D eigenvalue weighted by Gasteiger charge is 2.26. The molecule has 148 valence electrons. The molecule has 2 amide bonds. The minimum absolute atomic E-state index is 0.119. The third-order valence-corrected chi connectivity index (χ3v) is 5.21. The Morgan fingerprint density at radius 2 is 1.68 bits per heavy atom. The fourth-order valence-corrected chi connectivity index (χ4v) is 3.55. The van der Waals surface area contributed by atoms with Gasteiger partial charge in [0.25, 0.3) is 5.91 Å². The predicted molar refractivity (Wildman–Crippen MR) is 110 cm³/mol. The summed E-state index contributed by atoms with van der Waals surface area (Å²) in [4.78, 5) is 27.9. The molecule has 0 unspecified atom stereocenters. The number of amides is 2. The second-order valence-corrected chi connectivity index (χ2v) is 7.26. The number of hydrogen-bond donors (Lipinski definition) is 3. The van der Waals surface area contributed by atoms with Crippen LogP contribution in [0.1, 0.15) is 22.8 Å². The maximum Gasteiger partial charge on any atom is 0.251 e. The van der Waals surface area contributed by atoms with Crippen LogP contribution in [0.3, 0.4) is 0 Å². The summed E-state index contributed by atoms with van der Waals surface area (Å²) in [6.45, 7) is 6.39. The average molecular weight is 382 g/mol. The number of nitrogens with one attached hydrogen (secondary N) is 3. The molecule has 0 radical (unpaired) electrons. The summed E-state index contributed by atoms with van der Waals surface area (Å²) in [6, 6.07) is 17.4. The van der Waals surface area contributed by atoms with Crippen molar-refractivity contribution in [2.45, 2.75) is 19.5 Å². The van der Waals surface area contributed by atoms with E-state index in [1.165, 1.54) is 10.5 Å². The van der Waals surface area contributed by atoms with Crippen LogP contribution in [-0.4, -0.2) is 56.0 Å². The molecule has 0 bridgehead atoms. The first kappa shape index (κ1) is 19.9. The van der Waals surface area contributed by atoms with Crippen molar-refractivity contribution in [1.29, 1.82) is 0 Å². The van der Waals surface area contributed by atoms with E-state index in [4.69, 9.17) is 0 Å². The molecule has 1 heterocycles. The first-order valence-corrected chi connectivity index (χ1v) is 9.82. The Balaban J connectivity index is 1.48. The molecule has 3 rings (SSSR count). The Morgan fingerprint density at radius 3 is 2.29 bits per heavy atom. The van der Waals surface area contributed by atoms with E-state index in [0.29, 0.717) is 5.56 Å². The smallest absolute Gasteiger partial charge is 0.251 e. The molecular weight excluding hydrogens is 352 g/mol. The minimum atomic E-state index is -0.304. The molecule has 6 heteroatoms. The molecule has 2 aromatic rings. The third-order valence-electron chi connectivity index (χ3n) is 5.21. The van der Waals surface area contributed by atoms with Gasteiger partial charge in [-0.05, 0) is 31.2 Å². The standard InChI is InChI=1S/C22H28N4O2/c1-17(24-20-10-8-19(9-11-20)21(27)23-2)22(28)26-14-12-25(13-15-26)16-18-6-4-3-5-7-18/h3-11,17,24H,12-16H2,1-2H3,(H,23,27)/p+1/t17-/m0/s1. The molecular formula is C22H29N4O2+. The lowest BCUT2D eigenvalue weighted by atomic mass is 10.1. The van der Waals surface area contributed by atoms with E-state index in [9.17, 15) is 9.59 Å². The van der Waals surface area contributed by atoms with Crippen LogP contribution in [-0.2, 0) is 11.3 Å². The largest absolute Gasteiger partial charge is 0.374 e. The number of benzene rings is 2. The number of quaternary nitrogens is 1. The van der Waals surface area contributed by atoms with Gasteiger partial charge in [0.05, 0.1) is 26.2 Å². The van der Waals surface area contributed by atoms with E-state index < -0.39 is 0 Å². The van der Waals surface area contributed by atoms with E-state index in [1.807, 2.05) is 30.0 Å². The van der Waals surface area contributed by atoms with Gasteiger partial charge in [-0.15, -0.1) is 0 Å². The van der Waals surface area contributed by atoms with Gasteiger partial charge in [-0.25, -0.2) is 0 Å². The Hall–Kier alpha value is -2.86. The number of anilines is 1. The lowest BCUT2D eigenvalue weighted by molar-refractivity contribution is -0.917. The first-order chi connectivity index (χ1) is 13.6. The molecule has 28 heavy (non-hydrogen) atoms. The summed E-state index contributed by atoms with van der Waals surface area (Å²) in [7, 11) is 1.61. The number of piperazine rings is 1. The van der Waals surface area contributed by atoms with Gasteiger partial charge >= 0.3 is 0 Å². The molecule has 0 saturated carbocycles. The lowest BCUT2D eigenvalue weighted by Gasteiger charge is -2.34. The Morgan fingerprint density at radius 1 is 1.04 bits per heavy atom. The Kier molecular flexibility index (Phi) is 6.66. The molecule has 1 aliphatic heterocycles. The zero-order valence-electron chi connectivity index (χ0n) is 16.6. The molecule has 0 aromatic heterocycles. The molecule has 1 aliphatic rings. The van der Waals surface area contributed by atoms with Crippen LogP contribution in [0.4, 0.5) is 5.69 Å². The highest BCUT2D eigenvalue weighted by atomic mass is 16.2. The second kappa shape index (κ2) is 9.37. The molecule has 1 fully saturated rings. The van der Waals surface area contributed by atoms with Crippen molar-refractivity contribution in [3.05, 3.63) is 65.7 Å². The molecule has 1 atom stereocenters. The first-order valence-electron chi connectivity index (χ1n) is 9.82. The zero-order valence-corrected chi connectivity index (χ0v) is 16.6. The van der Waals surface area contributed by atoms with Crippen molar-refractivity contribution in [2.75, 3.05) is 38.5 Å². The Bertz CT molecular complexity index is 784. The summed E-state index contributed by atoms with van der Waals surface area (Å²) in [5, 5.41) is 5.84. The lowest BCUT2D eigenvalue weighted by Crippen LogP contribution is -3.13. The van der Waals surface area contributed by atoms with Crippen LogP contribution < -0.4 is 15.5 Å². The maximum absolute atomic E-state index is 12.8. The van der Waals surface area contributed by atoms with Crippen LogP contribution in [0.2, 0.25) is 0 Å². The van der Waals surface area contributed by atoms with Gasteiger partial charge in [0, 0.05) is 23.9 Å². The SMILES string of the molecule is CNC(=O)c1ccc(N[C@@H](C)C(=O)N2CC[NH+](Cc3ccccc3)CC2)cc1. The monoisotopic (exact) mass is 381 g/mol. The van der Waals surface area contributed by atoms with Gasteiger partial charge in [0.1, 0.15) is 12.6 Å². The van der Waals surface area contributed by atoms with E-state index in [-0.39, 0.29) is 17.9 Å². The summed E-state index contributed by atoms with van der Waals surface area (Å²) >= 11 is 0. The van der Waals surface area contributed by atoms with Gasteiger partial charge in [-0.1, -0.05) is 30.3 Å². The van der Waals surface area contributed by atoms with Crippen molar-refractivity contribution in [3.8, 4) is 0 Å². The molecule has 0 spiro atoms. The van der Waals surface area contributed by atoms with Crippen molar-refractivity contribution < 1.29 is 14.5 Å². The Labute approximate surface area is 166 Å². The number of nitrogens with zero attached hydrogens (tertiary/aromatic N) is 1. The molecule has 1 saturated heterocycles. The number of rotatable bonds is 6. The maximum atomic E-state index is 12.8. The second-order valence-electron chi connectivity index (χ2n) is 7.26. The van der Waals surface area contributed by atoms with Crippen molar-refractivity contribution in [1.82, 2.24) is 10.2 Å². The molecule has 2 aromatic carbocycles. The van der Waals surface area contributed by atoms with Gasteiger partial charge in [0.15, 0.2) is 0 Å². The topological polar surface area (TPSA) is 65.9 Å². The normalized spacial score (nSPS) is 15.7. The van der Waals surface area contributed by atoms with Crippen molar-refractivity contribution >= 4 is 17.5 Å². The van der Waals surface area contributed by atoms with Crippen LogP contribution in [0.15, 0.2) is 54.6 Å². The molecule has 6 nitrogen and oxygen atoms in total. The summed E-state index contributed by atoms with van der Waals surface area (Å²) in [5.74, 6) is 0.000636. The fourth-order valence-electron chi connectivity index (χ4n) is 3.55. The third kappa shape index (κ3) is 5.10. The number of hydrogen-bond acceptors (Lipinski definition) is 3. The predicted octanol–water partition coefficient (Wildman–Crippen LogP) is 0.774. The number of carbonyl (C=O) groups is 2. The summed E-state index contributed by atoms with van der Waals surface area (Å²) in [5.41, 5.74) is 2.78. The van der Waals surface area contributed by atoms with E-state index in [0.717, 1.165) is 38.4 Å². The molecule has 3 N–H and O–H groups in total. The highest BCUT2D eigenvalue weighted by molar-refractivity contribution is 5.94. The minimum Gasteiger partial charge on any atom is -0.374 e. The van der Waals surface area contributed by atoms with Gasteiger partial charge < -0.3 is 20.4 Å². The average Bonchev–Trinajstić information content (AvgIpc) is 2.74. The summed E-state index contributed by atoms with van der Waals surface area (Å²) in [6.07, 6.45) is 0. The number of carbonyl (C=O) groups excluding carboxylic acids is 2. The van der Waals surface area contributed by atoms with E-state index in [2.05, 4.69) is 34.9 Å². The zero-order chi connectivity index (χ0) is 19.9. The van der Waals surface area contributed by atoms with Crippen molar-refractivity contribution in [2.24, 2.45) is 0 Å². The van der Waals surface area contributed by atoms with E-state index in [1.54, 1.807) is 19.2 Å². The van der Waals surface area contributed by atoms with Crippen LogP contribution in [0, 0.1) is 0 Å². The van der Waals surface area contributed by atoms with Gasteiger partial charge in [-0.3, -0.25) is 9.59 Å². The quantitative estimate of drug-likeness (QED) is 0.693. The van der Waals surface area contributed by atoms with E-state index >= 15 is 0 Å². The van der Waals surface area contributed by atoms with Crippen molar-refractivity contribution in [3.63, 3.8) is 0 Å². The molecule has 0 aliphatic carbocycles. The van der Waals surface area contributed by atoms with Crippen LogP contribution in [0.5, 0.6) is 0 Å². The van der Waals surface area contributed by atoms with Crippen LogP contribution >= 0.6 is 0 Å². The highest BCUT2D eigenvalue weighted by Crippen LogP contribution is 2.12. The van der Waals surface area contributed by atoms with Crippen LogP contribution in [0.25, 0.3) is 0 Å². The summed E-state index contributed by atoms with van der Waals surface area (Å²) < 4.78 is 0. The van der Waals surface area contributed by atoms with Gasteiger partial charge in [-0.2, -0.15) is 0 Å². The fraction of sp³-hybridized carbons (Fsp3) is 0.364.